The fourth-order valence-electron chi connectivity index (χ4n) is 2.80. The summed E-state index contributed by atoms with van der Waals surface area (Å²) in [6.07, 6.45) is 15.0. The Morgan fingerprint density at radius 2 is 0.710 bits per heavy atom. The van der Waals surface area contributed by atoms with Crippen molar-refractivity contribution in [3.8, 4) is 0 Å². The van der Waals surface area contributed by atoms with Crippen LogP contribution in [-0.2, 0) is 73.3 Å². The van der Waals surface area contributed by atoms with Gasteiger partial charge in [0.05, 0.1) is 0 Å². The normalized spacial score (nSPS) is 9.16. The van der Waals surface area contributed by atoms with Gasteiger partial charge in [0, 0.05) is 26.2 Å². The first-order valence-electron chi connectivity index (χ1n) is 11.4. The Labute approximate surface area is 245 Å². The quantitative estimate of drug-likeness (QED) is 0.0785. The molecule has 0 bridgehead atoms. The van der Waals surface area contributed by atoms with Crippen LogP contribution in [0.1, 0.15) is 105 Å². The molecule has 31 heavy (non-hydrogen) atoms. The van der Waals surface area contributed by atoms with Crippen LogP contribution >= 0.6 is 24.4 Å². The summed E-state index contributed by atoms with van der Waals surface area (Å²) in [4.78, 5) is 4.35. The summed E-state index contributed by atoms with van der Waals surface area (Å²) in [5.41, 5.74) is 0. The molecule has 0 aliphatic heterocycles. The molecule has 0 aromatic rings. The molecule has 0 heterocycles. The summed E-state index contributed by atoms with van der Waals surface area (Å²) in [6, 6.07) is 0. The molecule has 0 spiro atoms. The number of hydrogen-bond donors (Lipinski definition) is 0. The van der Waals surface area contributed by atoms with E-state index in [0.29, 0.717) is 8.64 Å². The Kier molecular flexibility index (Phi) is 46.6. The van der Waals surface area contributed by atoms with E-state index in [1.54, 1.807) is 0 Å². The van der Waals surface area contributed by atoms with Crippen molar-refractivity contribution in [1.82, 2.24) is 9.80 Å². The fraction of sp³-hybridized carbons (Fsp3) is 0.909. The molecule has 0 atom stereocenters. The Balaban J connectivity index is -0.000000133. The van der Waals surface area contributed by atoms with Gasteiger partial charge in [0.15, 0.2) is 0 Å². The summed E-state index contributed by atoms with van der Waals surface area (Å²) < 4.78 is 1.30. The van der Waals surface area contributed by atoms with Crippen LogP contribution in [0, 0.1) is 0 Å². The van der Waals surface area contributed by atoms with Crippen molar-refractivity contribution in [2.24, 2.45) is 0 Å². The van der Waals surface area contributed by atoms with Crippen LogP contribution in [0.15, 0.2) is 0 Å². The monoisotopic (exact) mass is 626 g/mol. The molecule has 2 nitrogen and oxygen atoms in total. The van der Waals surface area contributed by atoms with Gasteiger partial charge in [-0.2, -0.15) is 0 Å². The second kappa shape index (κ2) is 33.8. The number of hydrogen-bond acceptors (Lipinski definition) is 4. The average Bonchev–Trinajstić information content (AvgIpc) is 2.66. The largest absolute Gasteiger partial charge is 6.00 e. The van der Waals surface area contributed by atoms with Gasteiger partial charge in [0.25, 0.3) is 0 Å². The van der Waals surface area contributed by atoms with Gasteiger partial charge < -0.3 is 86.5 Å². The molecule has 0 aromatic carbocycles. The Morgan fingerprint density at radius 1 is 0.516 bits per heavy atom. The molecule has 0 fully saturated rings. The molecule has 0 saturated heterocycles. The summed E-state index contributed by atoms with van der Waals surface area (Å²) >= 11 is 20.2. The molecule has 0 saturated carbocycles. The van der Waals surface area contributed by atoms with E-state index in [1.165, 1.54) is 77.0 Å². The zero-order valence-electron chi connectivity index (χ0n) is 20.1. The van der Waals surface area contributed by atoms with Crippen molar-refractivity contribution < 1.29 is 21.1 Å². The van der Waals surface area contributed by atoms with E-state index in [0.717, 1.165) is 26.2 Å². The van der Waals surface area contributed by atoms with E-state index in [4.69, 9.17) is 49.7 Å². The third-order valence-electron chi connectivity index (χ3n) is 4.64. The first kappa shape index (κ1) is 42.7. The zero-order chi connectivity index (χ0) is 21.6. The predicted octanol–water partition coefficient (Wildman–Crippen LogP) is 6.99. The van der Waals surface area contributed by atoms with Gasteiger partial charge in [-0.15, -0.1) is 0 Å². The molecule has 0 aromatic heterocycles. The third-order valence-corrected chi connectivity index (χ3v) is 5.68. The molecule has 0 radical (unpaired) electrons. The number of unbranched alkanes of at least 4 members (excludes halogenated alkanes) is 8. The summed E-state index contributed by atoms with van der Waals surface area (Å²) in [6.45, 7) is 13.1. The smallest absolute Gasteiger partial charge is 2.00 e. The van der Waals surface area contributed by atoms with E-state index in [9.17, 15) is 0 Å². The zero-order valence-corrected chi connectivity index (χ0v) is 27.0. The first-order valence-corrected chi connectivity index (χ1v) is 13.0. The van der Waals surface area contributed by atoms with E-state index in [-0.39, 0.29) is 48.1 Å². The minimum absolute atomic E-state index is 0. The average molecular weight is 625 g/mol. The summed E-state index contributed by atoms with van der Waals surface area (Å²) in [5.74, 6) is 0. The topological polar surface area (TPSA) is 6.48 Å². The maximum atomic E-state index is 5.06. The summed E-state index contributed by atoms with van der Waals surface area (Å²) in [7, 11) is 0. The predicted molar refractivity (Wildman–Crippen MR) is 156 cm³/mol. The van der Waals surface area contributed by atoms with Crippen molar-refractivity contribution in [2.45, 2.75) is 105 Å². The van der Waals surface area contributed by atoms with E-state index in [1.807, 2.05) is 0 Å². The standard InChI is InChI=1S/2C11H23NS2.Mo.2S/c2*1-3-5-7-9-12(11(13)14)10-8-6-4-2;;;/h2*3-10H2,1-2H3,(H,13,14);;;/q;;+6;2*-2/p-2. The maximum absolute atomic E-state index is 5.06. The van der Waals surface area contributed by atoms with Crippen LogP contribution in [0.5, 0.6) is 0 Å². The van der Waals surface area contributed by atoms with E-state index < -0.39 is 0 Å². The van der Waals surface area contributed by atoms with Crippen molar-refractivity contribution in [3.05, 3.63) is 0 Å². The van der Waals surface area contributed by atoms with Crippen LogP contribution in [0.4, 0.5) is 0 Å². The van der Waals surface area contributed by atoms with Crippen LogP contribution < -0.4 is 0 Å². The fourth-order valence-corrected chi connectivity index (χ4v) is 3.53. The number of thiocarbonyl (C=S) groups is 2. The van der Waals surface area contributed by atoms with Crippen LogP contribution in [0.25, 0.3) is 0 Å². The van der Waals surface area contributed by atoms with Gasteiger partial charge in [-0.05, 0) is 25.7 Å². The molecular weight excluding hydrogens is 581 g/mol. The molecule has 184 valence electrons. The minimum atomic E-state index is 0. The minimum Gasteiger partial charge on any atom is -2.00 e. The number of nitrogens with zero attached hydrogens (tertiary/aromatic N) is 2. The van der Waals surface area contributed by atoms with E-state index in [2.05, 4.69) is 37.5 Å². The van der Waals surface area contributed by atoms with Gasteiger partial charge in [-0.3, -0.25) is 0 Å². The van der Waals surface area contributed by atoms with Crippen molar-refractivity contribution in [1.29, 1.82) is 0 Å². The maximum Gasteiger partial charge on any atom is 6.00 e. The molecule has 0 aliphatic rings. The van der Waals surface area contributed by atoms with Crippen molar-refractivity contribution >= 4 is 85.3 Å². The Morgan fingerprint density at radius 3 is 0.839 bits per heavy atom. The Hall–Kier alpha value is 1.61. The molecule has 0 rings (SSSR count). The number of rotatable bonds is 16. The second-order valence-corrected chi connectivity index (χ2v) is 9.40. The molecular formula is C22H44MoN2S6. The van der Waals surface area contributed by atoms with Gasteiger partial charge in [-0.25, -0.2) is 0 Å². The molecule has 0 aliphatic carbocycles. The van der Waals surface area contributed by atoms with Gasteiger partial charge in [-0.1, -0.05) is 87.7 Å². The molecule has 0 amide bonds. The van der Waals surface area contributed by atoms with Crippen LogP contribution in [0.3, 0.4) is 0 Å². The van der Waals surface area contributed by atoms with Gasteiger partial charge >= 0.3 is 21.1 Å². The van der Waals surface area contributed by atoms with Crippen molar-refractivity contribution in [2.75, 3.05) is 26.2 Å². The SMILES string of the molecule is CCCCCN(CCCCC)C(=S)[S-].CCCCCN(CCCCC)C(=S)[S-].[Mo+6].[S-2].[S-2]. The second-order valence-electron chi connectivity index (χ2n) is 7.33. The van der Waals surface area contributed by atoms with Gasteiger partial charge in [0.1, 0.15) is 0 Å². The molecule has 9 heteroatoms. The first-order chi connectivity index (χ1) is 13.4. The van der Waals surface area contributed by atoms with Gasteiger partial charge in [0.2, 0.25) is 0 Å². The third kappa shape index (κ3) is 31.6. The van der Waals surface area contributed by atoms with Crippen LogP contribution in [-0.4, -0.2) is 44.6 Å². The Bertz CT molecular complexity index is 322. The van der Waals surface area contributed by atoms with Crippen LogP contribution in [0.2, 0.25) is 0 Å². The van der Waals surface area contributed by atoms with E-state index >= 15 is 0 Å². The molecule has 0 N–H and O–H groups in total. The molecule has 0 unspecified atom stereocenters. The van der Waals surface area contributed by atoms with Crippen molar-refractivity contribution in [3.63, 3.8) is 0 Å². The summed E-state index contributed by atoms with van der Waals surface area (Å²) in [5, 5.41) is 0.